The van der Waals surface area contributed by atoms with E-state index in [1.54, 1.807) is 25.3 Å². The minimum atomic E-state index is -0.711. The first-order valence-corrected chi connectivity index (χ1v) is 6.44. The highest BCUT2D eigenvalue weighted by molar-refractivity contribution is 6.42. The summed E-state index contributed by atoms with van der Waals surface area (Å²) in [5.41, 5.74) is 0.155. The number of benzene rings is 1. The molecule has 17 heavy (non-hydrogen) atoms. The third kappa shape index (κ3) is 2.94. The monoisotopic (exact) mass is 276 g/mol. The Morgan fingerprint density at radius 3 is 2.24 bits per heavy atom. The first-order chi connectivity index (χ1) is 8.00. The zero-order valence-electron chi connectivity index (χ0n) is 10.3. The molecular weight excluding hydrogens is 259 g/mol. The Balaban J connectivity index is 3.09. The van der Waals surface area contributed by atoms with Gasteiger partial charge in [-0.3, -0.25) is 0 Å². The van der Waals surface area contributed by atoms with Gasteiger partial charge >= 0.3 is 0 Å². The van der Waals surface area contributed by atoms with Gasteiger partial charge in [-0.25, -0.2) is 0 Å². The number of aliphatic hydroxyl groups is 1. The highest BCUT2D eigenvalue weighted by Gasteiger charge is 2.35. The van der Waals surface area contributed by atoms with Gasteiger partial charge < -0.3 is 9.84 Å². The maximum Gasteiger partial charge on any atom is 0.108 e. The van der Waals surface area contributed by atoms with Gasteiger partial charge in [-0.1, -0.05) is 43.1 Å². The third-order valence-electron chi connectivity index (χ3n) is 3.36. The molecule has 1 N–H and O–H groups in total. The van der Waals surface area contributed by atoms with Crippen LogP contribution in [0.4, 0.5) is 0 Å². The second kappa shape index (κ2) is 6.05. The fraction of sp³-hybridized carbons (Fsp3) is 0.538. The van der Waals surface area contributed by atoms with Crippen LogP contribution in [0.5, 0.6) is 0 Å². The van der Waals surface area contributed by atoms with E-state index in [2.05, 4.69) is 0 Å². The molecule has 0 bridgehead atoms. The van der Waals surface area contributed by atoms with E-state index in [0.29, 0.717) is 10.0 Å². The fourth-order valence-electron chi connectivity index (χ4n) is 2.02. The topological polar surface area (TPSA) is 29.5 Å². The van der Waals surface area contributed by atoms with Crippen LogP contribution < -0.4 is 0 Å². The van der Waals surface area contributed by atoms with Crippen LogP contribution in [-0.4, -0.2) is 17.8 Å². The van der Waals surface area contributed by atoms with Gasteiger partial charge in [0.2, 0.25) is 0 Å². The number of aliphatic hydroxyl groups excluding tert-OH is 1. The van der Waals surface area contributed by atoms with Gasteiger partial charge in [0.1, 0.15) is 6.10 Å². The van der Waals surface area contributed by atoms with Crippen LogP contribution in [0.25, 0.3) is 0 Å². The lowest BCUT2D eigenvalue weighted by Crippen LogP contribution is -2.37. The average molecular weight is 277 g/mol. The lowest BCUT2D eigenvalue weighted by Gasteiger charge is -2.35. The summed E-state index contributed by atoms with van der Waals surface area (Å²) in [6, 6.07) is 5.15. The van der Waals surface area contributed by atoms with Crippen molar-refractivity contribution in [2.24, 2.45) is 0 Å². The minimum Gasteiger partial charge on any atom is -0.385 e. The van der Waals surface area contributed by atoms with Crippen molar-refractivity contribution >= 4 is 23.2 Å². The van der Waals surface area contributed by atoms with E-state index >= 15 is 0 Å². The van der Waals surface area contributed by atoms with Crippen molar-refractivity contribution in [2.75, 3.05) is 7.11 Å². The molecule has 0 amide bonds. The molecule has 1 aromatic carbocycles. The SMILES string of the molecule is CCC(CC)(OC)C(O)c1ccc(Cl)c(Cl)c1. The predicted molar refractivity (Wildman–Crippen MR) is 71.7 cm³/mol. The number of rotatable bonds is 5. The molecule has 0 aliphatic rings. The van der Waals surface area contributed by atoms with Crippen LogP contribution in [-0.2, 0) is 4.74 Å². The number of hydrogen-bond acceptors (Lipinski definition) is 2. The predicted octanol–water partition coefficient (Wildman–Crippen LogP) is 4.23. The van der Waals surface area contributed by atoms with Crippen molar-refractivity contribution in [3.05, 3.63) is 33.8 Å². The first-order valence-electron chi connectivity index (χ1n) is 5.69. The summed E-state index contributed by atoms with van der Waals surface area (Å²) in [7, 11) is 1.62. The summed E-state index contributed by atoms with van der Waals surface area (Å²) in [6.45, 7) is 3.99. The summed E-state index contributed by atoms with van der Waals surface area (Å²) in [6.07, 6.45) is 0.736. The summed E-state index contributed by atoms with van der Waals surface area (Å²) >= 11 is 11.8. The fourth-order valence-corrected chi connectivity index (χ4v) is 2.33. The molecule has 0 spiro atoms. The normalized spacial score (nSPS) is 13.8. The van der Waals surface area contributed by atoms with E-state index < -0.39 is 11.7 Å². The van der Waals surface area contributed by atoms with Gasteiger partial charge in [-0.05, 0) is 30.5 Å². The van der Waals surface area contributed by atoms with E-state index in [9.17, 15) is 5.11 Å². The Morgan fingerprint density at radius 1 is 1.24 bits per heavy atom. The van der Waals surface area contributed by atoms with Crippen molar-refractivity contribution in [3.8, 4) is 0 Å². The van der Waals surface area contributed by atoms with E-state index in [4.69, 9.17) is 27.9 Å². The Labute approximate surface area is 113 Å². The number of hydrogen-bond donors (Lipinski definition) is 1. The molecule has 1 aromatic rings. The van der Waals surface area contributed by atoms with Crippen molar-refractivity contribution in [1.29, 1.82) is 0 Å². The van der Waals surface area contributed by atoms with Gasteiger partial charge in [0.25, 0.3) is 0 Å². The maximum atomic E-state index is 10.4. The summed E-state index contributed by atoms with van der Waals surface area (Å²) in [5, 5.41) is 11.3. The molecule has 0 saturated heterocycles. The lowest BCUT2D eigenvalue weighted by molar-refractivity contribution is -0.109. The summed E-state index contributed by atoms with van der Waals surface area (Å²) < 4.78 is 5.50. The molecule has 0 fully saturated rings. The van der Waals surface area contributed by atoms with Crippen LogP contribution >= 0.6 is 23.2 Å². The smallest absolute Gasteiger partial charge is 0.108 e. The van der Waals surface area contributed by atoms with Crippen molar-refractivity contribution in [2.45, 2.75) is 38.4 Å². The molecule has 1 rings (SSSR count). The van der Waals surface area contributed by atoms with Crippen LogP contribution in [0.15, 0.2) is 18.2 Å². The van der Waals surface area contributed by atoms with Crippen LogP contribution in [0.2, 0.25) is 10.0 Å². The van der Waals surface area contributed by atoms with Gasteiger partial charge in [0.15, 0.2) is 0 Å². The van der Waals surface area contributed by atoms with Crippen LogP contribution in [0, 0.1) is 0 Å². The van der Waals surface area contributed by atoms with Crippen molar-refractivity contribution < 1.29 is 9.84 Å². The van der Waals surface area contributed by atoms with Crippen molar-refractivity contribution in [3.63, 3.8) is 0 Å². The molecule has 1 atom stereocenters. The average Bonchev–Trinajstić information content (AvgIpc) is 2.35. The Hall–Kier alpha value is -0.280. The second-order valence-electron chi connectivity index (χ2n) is 4.05. The molecule has 0 aromatic heterocycles. The zero-order valence-corrected chi connectivity index (χ0v) is 11.8. The highest BCUT2D eigenvalue weighted by atomic mass is 35.5. The minimum absolute atomic E-state index is 0.445. The first kappa shape index (κ1) is 14.8. The largest absolute Gasteiger partial charge is 0.385 e. The lowest BCUT2D eigenvalue weighted by atomic mass is 9.86. The Morgan fingerprint density at radius 2 is 1.82 bits per heavy atom. The van der Waals surface area contributed by atoms with Crippen molar-refractivity contribution in [1.82, 2.24) is 0 Å². The highest BCUT2D eigenvalue weighted by Crippen LogP contribution is 2.36. The molecule has 2 nitrogen and oxygen atoms in total. The molecular formula is C13H18Cl2O2. The van der Waals surface area contributed by atoms with Gasteiger partial charge in [-0.2, -0.15) is 0 Å². The number of ether oxygens (including phenoxy) is 1. The quantitative estimate of drug-likeness (QED) is 0.872. The molecule has 4 heteroatoms. The summed E-state index contributed by atoms with van der Waals surface area (Å²) in [4.78, 5) is 0. The van der Waals surface area contributed by atoms with E-state index in [-0.39, 0.29) is 0 Å². The van der Waals surface area contributed by atoms with Crippen LogP contribution in [0.1, 0.15) is 38.4 Å². The van der Waals surface area contributed by atoms with Crippen LogP contribution in [0.3, 0.4) is 0 Å². The molecule has 1 unspecified atom stereocenters. The van der Waals surface area contributed by atoms with Gasteiger partial charge in [0, 0.05) is 7.11 Å². The second-order valence-corrected chi connectivity index (χ2v) is 4.87. The van der Waals surface area contributed by atoms with Gasteiger partial charge in [-0.15, -0.1) is 0 Å². The maximum absolute atomic E-state index is 10.4. The molecule has 0 saturated carbocycles. The van der Waals surface area contributed by atoms with E-state index in [0.717, 1.165) is 18.4 Å². The van der Waals surface area contributed by atoms with E-state index in [1.165, 1.54) is 0 Å². The van der Waals surface area contributed by atoms with Gasteiger partial charge in [0.05, 0.1) is 15.6 Å². The molecule has 0 aliphatic heterocycles. The Bertz CT molecular complexity index is 367. The Kier molecular flexibility index (Phi) is 5.26. The zero-order chi connectivity index (χ0) is 13.1. The number of halogens is 2. The molecule has 0 aliphatic carbocycles. The van der Waals surface area contributed by atoms with E-state index in [1.807, 2.05) is 13.8 Å². The summed E-state index contributed by atoms with van der Waals surface area (Å²) in [5.74, 6) is 0. The molecule has 96 valence electrons. The number of methoxy groups -OCH3 is 1. The molecule has 0 radical (unpaired) electrons. The molecule has 0 heterocycles. The standard InChI is InChI=1S/C13H18Cl2O2/c1-4-13(5-2,17-3)12(16)9-6-7-10(14)11(15)8-9/h6-8,12,16H,4-5H2,1-3H3. The third-order valence-corrected chi connectivity index (χ3v) is 4.10.